The fraction of sp³-hybridized carbons (Fsp3) is 0.143. The summed E-state index contributed by atoms with van der Waals surface area (Å²) in [6.07, 6.45) is 0. The number of nitrogens with zero attached hydrogens (tertiary/aromatic N) is 1. The maximum absolute atomic E-state index is 2.30. The second-order valence-electron chi connectivity index (χ2n) is 6.54. The Morgan fingerprint density at radius 1 is 0.542 bits per heavy atom. The lowest BCUT2D eigenvalue weighted by atomic mass is 10.3. The molecule has 1 nitrogen and oxygen atoms in total. The Morgan fingerprint density at radius 3 is 1.29 bits per heavy atom. The Hall–Kier alpha value is -1.22. The van der Waals surface area contributed by atoms with E-state index >= 15 is 0 Å². The van der Waals surface area contributed by atoms with Gasteiger partial charge in [0.1, 0.15) is 5.69 Å². The van der Waals surface area contributed by atoms with E-state index in [0.717, 1.165) is 4.48 Å². The number of hydrogen-bond donors (Lipinski definition) is 0. The molecular weight excluding hydrogens is 424 g/mol. The Labute approximate surface area is 163 Å². The number of halogens is 1. The Kier molecular flexibility index (Phi) is 6.56. The maximum Gasteiger partial charge on any atom is 0.132 e. The molecule has 0 aliphatic carbocycles. The normalized spacial score (nSPS) is 11.2. The molecular formula is C21H23INP. The zero-order chi connectivity index (χ0) is 16.3. The highest BCUT2D eigenvalue weighted by Crippen LogP contribution is 2.33. The Morgan fingerprint density at radius 2 is 0.917 bits per heavy atom. The van der Waals surface area contributed by atoms with Crippen LogP contribution in [-0.2, 0) is 0 Å². The zero-order valence-corrected chi connectivity index (χ0v) is 17.4. The van der Waals surface area contributed by atoms with Gasteiger partial charge in [-0.2, -0.15) is 0 Å². The quantitative estimate of drug-likeness (QED) is 0.313. The van der Waals surface area contributed by atoms with Crippen LogP contribution in [0.5, 0.6) is 0 Å². The lowest BCUT2D eigenvalue weighted by Gasteiger charge is -2.25. The molecule has 0 bridgehead atoms. The molecule has 0 amide bonds. The monoisotopic (exact) mass is 447 g/mol. The van der Waals surface area contributed by atoms with Crippen molar-refractivity contribution in [1.82, 2.24) is 4.48 Å². The molecule has 0 atom stereocenters. The standard InChI is InChI=1S/C21H23NP.HI/c1-22(2,3)18-14-16-21(17-15-18)23(19-10-6-4-7-11-19)20-12-8-5-9-13-20;/h4-17H,1-3H3;1H/q+1;/p-1. The lowest BCUT2D eigenvalue weighted by molar-refractivity contribution is -0.00000472. The van der Waals surface area contributed by atoms with Crippen LogP contribution in [0.15, 0.2) is 84.9 Å². The summed E-state index contributed by atoms with van der Waals surface area (Å²) in [5.74, 6) is 0. The number of hydrogen-bond acceptors (Lipinski definition) is 0. The highest BCUT2D eigenvalue weighted by Gasteiger charge is 2.18. The van der Waals surface area contributed by atoms with E-state index in [4.69, 9.17) is 0 Å². The molecule has 0 radical (unpaired) electrons. The van der Waals surface area contributed by atoms with Crippen LogP contribution in [0.4, 0.5) is 5.69 Å². The topological polar surface area (TPSA) is 0 Å². The van der Waals surface area contributed by atoms with Crippen molar-refractivity contribution >= 4 is 29.5 Å². The van der Waals surface area contributed by atoms with Crippen molar-refractivity contribution in [3.05, 3.63) is 84.9 Å². The summed E-state index contributed by atoms with van der Waals surface area (Å²) in [7, 11) is 6.10. The lowest BCUT2D eigenvalue weighted by Crippen LogP contribution is -3.00. The van der Waals surface area contributed by atoms with Crippen LogP contribution in [-0.4, -0.2) is 21.1 Å². The van der Waals surface area contributed by atoms with Crippen LogP contribution in [0.2, 0.25) is 0 Å². The Bertz CT molecular complexity index is 710. The highest BCUT2D eigenvalue weighted by atomic mass is 127. The first-order chi connectivity index (χ1) is 11.1. The molecule has 0 N–H and O–H groups in total. The Balaban J connectivity index is 0.00000208. The van der Waals surface area contributed by atoms with Gasteiger partial charge in [0.05, 0.1) is 21.1 Å². The van der Waals surface area contributed by atoms with Crippen molar-refractivity contribution < 1.29 is 24.0 Å². The third-order valence-corrected chi connectivity index (χ3v) is 6.35. The summed E-state index contributed by atoms with van der Waals surface area (Å²) in [5.41, 5.74) is 1.32. The fourth-order valence-corrected chi connectivity index (χ4v) is 4.93. The summed E-state index contributed by atoms with van der Waals surface area (Å²) in [6, 6.07) is 30.8. The van der Waals surface area contributed by atoms with Gasteiger partial charge in [-0.1, -0.05) is 60.7 Å². The van der Waals surface area contributed by atoms with Gasteiger partial charge in [0, 0.05) is 0 Å². The maximum atomic E-state index is 2.30. The molecule has 3 aromatic rings. The first-order valence-corrected chi connectivity index (χ1v) is 9.22. The average Bonchev–Trinajstić information content (AvgIpc) is 2.57. The van der Waals surface area contributed by atoms with Crippen molar-refractivity contribution in [2.24, 2.45) is 0 Å². The van der Waals surface area contributed by atoms with E-state index in [2.05, 4.69) is 106 Å². The van der Waals surface area contributed by atoms with Crippen molar-refractivity contribution in [2.75, 3.05) is 21.1 Å². The van der Waals surface area contributed by atoms with E-state index in [9.17, 15) is 0 Å². The van der Waals surface area contributed by atoms with Gasteiger partial charge >= 0.3 is 0 Å². The van der Waals surface area contributed by atoms with Crippen LogP contribution < -0.4 is 44.4 Å². The summed E-state index contributed by atoms with van der Waals surface area (Å²) in [6.45, 7) is 0. The van der Waals surface area contributed by atoms with Crippen molar-refractivity contribution in [1.29, 1.82) is 0 Å². The summed E-state index contributed by atoms with van der Waals surface area (Å²) in [4.78, 5) is 0. The molecule has 3 aromatic carbocycles. The van der Waals surface area contributed by atoms with Crippen LogP contribution in [0.25, 0.3) is 0 Å². The molecule has 0 aliphatic heterocycles. The van der Waals surface area contributed by atoms with E-state index in [1.54, 1.807) is 0 Å². The minimum absolute atomic E-state index is 0. The van der Waals surface area contributed by atoms with Crippen molar-refractivity contribution in [2.45, 2.75) is 0 Å². The van der Waals surface area contributed by atoms with Crippen molar-refractivity contribution in [3.63, 3.8) is 0 Å². The number of rotatable bonds is 4. The van der Waals surface area contributed by atoms with E-state index in [-0.39, 0.29) is 24.0 Å². The first kappa shape index (κ1) is 19.1. The molecule has 0 spiro atoms. The summed E-state index contributed by atoms with van der Waals surface area (Å²) in [5, 5.41) is 4.19. The van der Waals surface area contributed by atoms with Crippen LogP contribution in [0.3, 0.4) is 0 Å². The molecule has 0 unspecified atom stereocenters. The van der Waals surface area contributed by atoms with E-state index in [1.807, 2.05) is 0 Å². The molecule has 0 saturated heterocycles. The van der Waals surface area contributed by atoms with Gasteiger partial charge in [0.15, 0.2) is 0 Å². The smallest absolute Gasteiger partial charge is 0.132 e. The predicted molar refractivity (Wildman–Crippen MR) is 105 cm³/mol. The van der Waals surface area contributed by atoms with Gasteiger partial charge in [0.2, 0.25) is 0 Å². The molecule has 3 rings (SSSR count). The largest absolute Gasteiger partial charge is 1.00 e. The van der Waals surface area contributed by atoms with Crippen molar-refractivity contribution in [3.8, 4) is 0 Å². The third-order valence-electron chi connectivity index (χ3n) is 3.91. The zero-order valence-electron chi connectivity index (χ0n) is 14.4. The fourth-order valence-electron chi connectivity index (χ4n) is 2.65. The van der Waals surface area contributed by atoms with Gasteiger partial charge in [-0.05, 0) is 48.1 Å². The van der Waals surface area contributed by atoms with Crippen LogP contribution in [0.1, 0.15) is 0 Å². The van der Waals surface area contributed by atoms with Gasteiger partial charge in [-0.25, -0.2) is 0 Å². The number of quaternary nitrogens is 1. The average molecular weight is 447 g/mol. The molecule has 0 aromatic heterocycles. The molecule has 24 heavy (non-hydrogen) atoms. The van der Waals surface area contributed by atoms with Gasteiger partial charge in [-0.15, -0.1) is 0 Å². The van der Waals surface area contributed by atoms with E-state index < -0.39 is 7.92 Å². The highest BCUT2D eigenvalue weighted by molar-refractivity contribution is 7.79. The summed E-state index contributed by atoms with van der Waals surface area (Å²) >= 11 is 0. The first-order valence-electron chi connectivity index (χ1n) is 7.88. The molecule has 3 heteroatoms. The predicted octanol–water partition coefficient (Wildman–Crippen LogP) is 0.645. The minimum atomic E-state index is -0.501. The minimum Gasteiger partial charge on any atom is -1.00 e. The van der Waals surface area contributed by atoms with Gasteiger partial charge < -0.3 is 24.0 Å². The van der Waals surface area contributed by atoms with Crippen LogP contribution >= 0.6 is 7.92 Å². The SMILES string of the molecule is C[N+](C)(C)c1ccc(P(c2ccccc2)c2ccccc2)cc1.[I-]. The summed E-state index contributed by atoms with van der Waals surface area (Å²) < 4.78 is 0.842. The molecule has 0 saturated carbocycles. The number of benzene rings is 3. The van der Waals surface area contributed by atoms with E-state index in [0.29, 0.717) is 0 Å². The van der Waals surface area contributed by atoms with Gasteiger partial charge in [-0.3, -0.25) is 4.48 Å². The second-order valence-corrected chi connectivity index (χ2v) is 8.76. The second kappa shape index (κ2) is 8.24. The molecule has 0 aliphatic rings. The van der Waals surface area contributed by atoms with Crippen LogP contribution in [0, 0.1) is 0 Å². The molecule has 0 fully saturated rings. The third kappa shape index (κ3) is 4.44. The van der Waals surface area contributed by atoms with E-state index in [1.165, 1.54) is 21.6 Å². The van der Waals surface area contributed by atoms with Gasteiger partial charge in [0.25, 0.3) is 0 Å². The molecule has 124 valence electrons. The molecule has 0 heterocycles.